The molecule has 1 N–H and O–H groups in total. The van der Waals surface area contributed by atoms with Gasteiger partial charge in [0.2, 0.25) is 5.91 Å². The van der Waals surface area contributed by atoms with Crippen molar-refractivity contribution in [3.8, 4) is 12.1 Å². The molecule has 1 aliphatic carbocycles. The second kappa shape index (κ2) is 6.93. The second-order valence-corrected chi connectivity index (χ2v) is 6.99. The highest BCUT2D eigenvalue weighted by atomic mass is 32.2. The molecule has 25 heavy (non-hydrogen) atoms. The molecular weight excluding hydrogens is 353 g/mol. The van der Waals surface area contributed by atoms with E-state index >= 15 is 0 Å². The number of carbonyl (C=O) groups excluding carboxylic acids is 1. The van der Waals surface area contributed by atoms with E-state index in [4.69, 9.17) is 5.26 Å². The van der Waals surface area contributed by atoms with Crippen molar-refractivity contribution in [3.05, 3.63) is 22.9 Å². The number of aromatic nitrogens is 1. The van der Waals surface area contributed by atoms with E-state index in [1.54, 1.807) is 6.92 Å². The Morgan fingerprint density at radius 2 is 2.08 bits per heavy atom. The number of amides is 1. The zero-order valence-corrected chi connectivity index (χ0v) is 14.4. The minimum absolute atomic E-state index is 0.0926. The quantitative estimate of drug-likeness (QED) is 0.806. The van der Waals surface area contributed by atoms with E-state index in [0.717, 1.165) is 30.7 Å². The summed E-state index contributed by atoms with van der Waals surface area (Å²) in [5.74, 6) is -0.622. The first-order valence-corrected chi connectivity index (χ1v) is 8.43. The lowest BCUT2D eigenvalue weighted by Crippen LogP contribution is -2.47. The molecule has 1 aromatic rings. The maximum absolute atomic E-state index is 13.1. The van der Waals surface area contributed by atoms with E-state index in [0.29, 0.717) is 0 Å². The first kappa shape index (κ1) is 19.1. The van der Waals surface area contributed by atoms with E-state index in [1.165, 1.54) is 13.0 Å². The van der Waals surface area contributed by atoms with Gasteiger partial charge in [0.1, 0.15) is 16.6 Å². The highest BCUT2D eigenvalue weighted by Gasteiger charge is 2.43. The van der Waals surface area contributed by atoms with Crippen LogP contribution in [-0.2, 0) is 11.0 Å². The van der Waals surface area contributed by atoms with Crippen molar-refractivity contribution >= 4 is 17.7 Å². The number of nitriles is 2. The van der Waals surface area contributed by atoms with Gasteiger partial charge in [0, 0.05) is 5.69 Å². The number of nitrogens with zero attached hydrogens (tertiary/aromatic N) is 3. The molecule has 1 unspecified atom stereocenters. The smallest absolute Gasteiger partial charge is 0.337 e. The molecular formula is C16H15F3N4OS. The topological polar surface area (TPSA) is 89.6 Å². The second-order valence-electron chi connectivity index (χ2n) is 6.03. The number of hydrogen-bond acceptors (Lipinski definition) is 5. The summed E-state index contributed by atoms with van der Waals surface area (Å²) in [6.45, 7) is 3.01. The summed E-state index contributed by atoms with van der Waals surface area (Å²) >= 11 is 0.752. The van der Waals surface area contributed by atoms with E-state index in [1.807, 2.05) is 0 Å². The number of rotatable bonds is 5. The first-order valence-electron chi connectivity index (χ1n) is 7.44. The predicted octanol–water partition coefficient (Wildman–Crippen LogP) is 3.18. The third kappa shape index (κ3) is 4.43. The molecule has 1 amide bonds. The number of hydrogen-bond donors (Lipinski definition) is 1. The van der Waals surface area contributed by atoms with Crippen molar-refractivity contribution in [3.63, 3.8) is 0 Å². The molecule has 1 heterocycles. The Kier molecular flexibility index (Phi) is 5.28. The molecule has 0 aliphatic heterocycles. The fraction of sp³-hybridized carbons (Fsp3) is 0.500. The lowest BCUT2D eigenvalue weighted by molar-refractivity contribution is -0.138. The van der Waals surface area contributed by atoms with Gasteiger partial charge in [0.05, 0.1) is 22.9 Å². The summed E-state index contributed by atoms with van der Waals surface area (Å²) < 4.78 is 39.2. The van der Waals surface area contributed by atoms with Gasteiger partial charge in [-0.3, -0.25) is 4.79 Å². The van der Waals surface area contributed by atoms with Crippen molar-refractivity contribution in [1.29, 1.82) is 10.5 Å². The molecule has 1 aliphatic rings. The summed E-state index contributed by atoms with van der Waals surface area (Å²) in [7, 11) is 0. The van der Waals surface area contributed by atoms with Crippen molar-refractivity contribution in [2.75, 3.05) is 5.75 Å². The van der Waals surface area contributed by atoms with Crippen LogP contribution in [0.2, 0.25) is 0 Å². The fourth-order valence-electron chi connectivity index (χ4n) is 2.42. The number of nitrogens with one attached hydrogen (secondary N) is 1. The van der Waals surface area contributed by atoms with Gasteiger partial charge in [-0.15, -0.1) is 0 Å². The highest BCUT2D eigenvalue weighted by Crippen LogP contribution is 2.39. The van der Waals surface area contributed by atoms with Gasteiger partial charge in [0.25, 0.3) is 0 Å². The van der Waals surface area contributed by atoms with Crippen LogP contribution in [0.5, 0.6) is 0 Å². The van der Waals surface area contributed by atoms with Gasteiger partial charge < -0.3 is 5.32 Å². The Hall–Kier alpha value is -2.26. The fourth-order valence-corrected chi connectivity index (χ4v) is 3.27. The molecule has 0 aromatic carbocycles. The maximum atomic E-state index is 13.1. The van der Waals surface area contributed by atoms with Crippen LogP contribution in [0, 0.1) is 35.5 Å². The molecule has 0 bridgehead atoms. The molecule has 1 aromatic heterocycles. The minimum Gasteiger partial charge on any atom is -0.337 e. The van der Waals surface area contributed by atoms with Crippen LogP contribution in [0.25, 0.3) is 0 Å². The summed E-state index contributed by atoms with van der Waals surface area (Å²) in [6.07, 6.45) is -2.98. The molecule has 0 spiro atoms. The molecule has 9 heteroatoms. The van der Waals surface area contributed by atoms with E-state index in [-0.39, 0.29) is 22.4 Å². The van der Waals surface area contributed by atoms with Crippen molar-refractivity contribution in [2.24, 2.45) is 5.92 Å². The third-order valence-electron chi connectivity index (χ3n) is 3.90. The average Bonchev–Trinajstić information content (AvgIpc) is 3.36. The Morgan fingerprint density at radius 1 is 1.44 bits per heavy atom. The number of thioether (sulfide) groups is 1. The van der Waals surface area contributed by atoms with Gasteiger partial charge in [-0.2, -0.15) is 23.7 Å². The molecule has 1 fully saturated rings. The Balaban J connectivity index is 2.15. The van der Waals surface area contributed by atoms with E-state index < -0.39 is 28.7 Å². The Bertz CT molecular complexity index is 777. The van der Waals surface area contributed by atoms with Crippen LogP contribution in [0.15, 0.2) is 11.1 Å². The van der Waals surface area contributed by atoms with E-state index in [2.05, 4.69) is 16.4 Å². The van der Waals surface area contributed by atoms with Crippen LogP contribution >= 0.6 is 11.8 Å². The van der Waals surface area contributed by atoms with Gasteiger partial charge in [-0.05, 0) is 38.7 Å². The Labute approximate surface area is 147 Å². The molecule has 1 atom stereocenters. The molecule has 1 saturated carbocycles. The molecule has 2 rings (SSSR count). The largest absolute Gasteiger partial charge is 0.417 e. The minimum atomic E-state index is -4.68. The van der Waals surface area contributed by atoms with Crippen LogP contribution in [0.4, 0.5) is 13.2 Å². The number of halogens is 3. The molecule has 5 nitrogen and oxygen atoms in total. The Morgan fingerprint density at radius 3 is 2.56 bits per heavy atom. The van der Waals surface area contributed by atoms with E-state index in [9.17, 15) is 23.2 Å². The monoisotopic (exact) mass is 368 g/mol. The van der Waals surface area contributed by atoms with Crippen LogP contribution in [0.3, 0.4) is 0 Å². The summed E-state index contributed by atoms with van der Waals surface area (Å²) in [4.78, 5) is 16.0. The van der Waals surface area contributed by atoms with Crippen molar-refractivity contribution in [2.45, 2.75) is 43.4 Å². The standard InChI is InChI=1S/C16H15F3N4OS/c1-9-5-12(16(17,18)19)11(6-20)14(22-9)25-7-13(24)23-15(2,8-21)10-3-4-10/h5,10H,3-4,7H2,1-2H3,(H,23,24). The summed E-state index contributed by atoms with van der Waals surface area (Å²) in [5, 5.41) is 20.8. The molecule has 132 valence electrons. The van der Waals surface area contributed by atoms with Crippen LogP contribution in [-0.4, -0.2) is 22.2 Å². The van der Waals surface area contributed by atoms with Gasteiger partial charge in [0.15, 0.2) is 0 Å². The predicted molar refractivity (Wildman–Crippen MR) is 84.3 cm³/mol. The zero-order chi connectivity index (χ0) is 18.8. The highest BCUT2D eigenvalue weighted by molar-refractivity contribution is 8.00. The number of aryl methyl sites for hydroxylation is 1. The molecule has 0 saturated heterocycles. The normalized spacial score (nSPS) is 16.4. The van der Waals surface area contributed by atoms with Crippen molar-refractivity contribution in [1.82, 2.24) is 10.3 Å². The lowest BCUT2D eigenvalue weighted by Gasteiger charge is -2.22. The summed E-state index contributed by atoms with van der Waals surface area (Å²) in [5.41, 5.74) is -2.53. The first-order chi connectivity index (χ1) is 11.6. The van der Waals surface area contributed by atoms with Gasteiger partial charge >= 0.3 is 6.18 Å². The lowest BCUT2D eigenvalue weighted by atomic mass is 9.98. The van der Waals surface area contributed by atoms with Crippen molar-refractivity contribution < 1.29 is 18.0 Å². The number of alkyl halides is 3. The van der Waals surface area contributed by atoms with Crippen LogP contribution in [0.1, 0.15) is 36.6 Å². The maximum Gasteiger partial charge on any atom is 0.417 e. The van der Waals surface area contributed by atoms with Crippen LogP contribution < -0.4 is 5.32 Å². The SMILES string of the molecule is Cc1cc(C(F)(F)F)c(C#N)c(SCC(=O)NC(C)(C#N)C2CC2)n1. The zero-order valence-electron chi connectivity index (χ0n) is 13.6. The van der Waals surface area contributed by atoms with Gasteiger partial charge in [-0.25, -0.2) is 4.98 Å². The summed E-state index contributed by atoms with van der Waals surface area (Å²) in [6, 6.07) is 4.40. The average molecular weight is 368 g/mol. The third-order valence-corrected chi connectivity index (χ3v) is 4.87. The van der Waals surface area contributed by atoms with Gasteiger partial charge in [-0.1, -0.05) is 11.8 Å². The molecule has 0 radical (unpaired) electrons. The number of carbonyl (C=O) groups is 1. The number of pyridine rings is 1.